The van der Waals surface area contributed by atoms with Crippen LogP contribution in [0.25, 0.3) is 76.6 Å². The molecule has 3 heteroatoms. The van der Waals surface area contributed by atoms with Gasteiger partial charge < -0.3 is 9.32 Å². The number of nitrogens with zero attached hydrogens (tertiary/aromatic N) is 2. The summed E-state index contributed by atoms with van der Waals surface area (Å²) < 4.78 is 6.49. The maximum Gasteiger partial charge on any atom is 0.155 e. The molecule has 2 aromatic heterocycles. The summed E-state index contributed by atoms with van der Waals surface area (Å²) in [5.41, 5.74) is 10.2. The SMILES string of the molecule is c1cc(-c2cccc3ccccc23)cc(N(c2ccc(-c3ccc4ccccc4c3)cc2)c2cnc3c(c2)oc2cc4ccccc4cc23)c1. The molecule has 0 N–H and O–H groups in total. The maximum absolute atomic E-state index is 6.49. The number of furan rings is 1. The fourth-order valence-electron chi connectivity index (χ4n) is 7.35. The van der Waals surface area contributed by atoms with Crippen LogP contribution in [0.2, 0.25) is 0 Å². The normalized spacial score (nSPS) is 11.6. The van der Waals surface area contributed by atoms with Crippen LogP contribution in [0.4, 0.5) is 17.1 Å². The highest BCUT2D eigenvalue weighted by atomic mass is 16.3. The lowest BCUT2D eigenvalue weighted by Crippen LogP contribution is -2.10. The Morgan fingerprint density at radius 3 is 1.90 bits per heavy atom. The average Bonchev–Trinajstić information content (AvgIpc) is 3.53. The van der Waals surface area contributed by atoms with Gasteiger partial charge in [-0.05, 0) is 97.0 Å². The molecule has 234 valence electrons. The number of hydrogen-bond donors (Lipinski definition) is 0. The van der Waals surface area contributed by atoms with Crippen LogP contribution in [0.15, 0.2) is 187 Å². The summed E-state index contributed by atoms with van der Waals surface area (Å²) in [7, 11) is 0. The molecule has 0 aliphatic carbocycles. The highest BCUT2D eigenvalue weighted by Gasteiger charge is 2.18. The Bertz CT molecular complexity index is 2880. The van der Waals surface area contributed by atoms with Crippen molar-refractivity contribution in [2.75, 3.05) is 4.90 Å². The van der Waals surface area contributed by atoms with E-state index >= 15 is 0 Å². The third-order valence-electron chi connectivity index (χ3n) is 9.83. The number of hydrogen-bond acceptors (Lipinski definition) is 3. The molecule has 0 aliphatic rings. The highest BCUT2D eigenvalue weighted by Crippen LogP contribution is 2.41. The number of aromatic nitrogens is 1. The number of fused-ring (bicyclic) bond motifs is 6. The summed E-state index contributed by atoms with van der Waals surface area (Å²) in [6, 6.07) is 62.6. The standard InChI is InChI=1S/C47H30N2O/c1-2-11-34-25-37(20-19-31(34)9-1)32-21-23-39(24-22-32)49(40-16-7-15-38(26-40)43-18-8-14-33-10-5-6-17-42(33)43)41-29-46-47(48-30-41)44-27-35-12-3-4-13-36(35)28-45(44)50-46/h1-30H. The number of pyridine rings is 1. The molecule has 0 amide bonds. The summed E-state index contributed by atoms with van der Waals surface area (Å²) in [6.45, 7) is 0. The lowest BCUT2D eigenvalue weighted by atomic mass is 9.97. The second-order valence-corrected chi connectivity index (χ2v) is 12.9. The molecule has 0 saturated carbocycles. The first-order chi connectivity index (χ1) is 24.7. The molecule has 50 heavy (non-hydrogen) atoms. The molecule has 10 aromatic rings. The molecule has 8 aromatic carbocycles. The Labute approximate surface area is 289 Å². The first kappa shape index (κ1) is 28.3. The summed E-state index contributed by atoms with van der Waals surface area (Å²) in [4.78, 5) is 7.30. The van der Waals surface area contributed by atoms with Crippen molar-refractivity contribution in [3.05, 3.63) is 182 Å². The largest absolute Gasteiger partial charge is 0.454 e. The van der Waals surface area contributed by atoms with E-state index in [9.17, 15) is 0 Å². The van der Waals surface area contributed by atoms with Gasteiger partial charge in [0.05, 0.1) is 11.9 Å². The molecule has 0 radical (unpaired) electrons. The fourth-order valence-corrected chi connectivity index (χ4v) is 7.35. The molecular weight excluding hydrogens is 609 g/mol. The van der Waals surface area contributed by atoms with E-state index < -0.39 is 0 Å². The molecule has 0 atom stereocenters. The second-order valence-electron chi connectivity index (χ2n) is 12.9. The number of anilines is 3. The van der Waals surface area contributed by atoms with Crippen molar-refractivity contribution < 1.29 is 4.42 Å². The van der Waals surface area contributed by atoms with Gasteiger partial charge in [-0.15, -0.1) is 0 Å². The van der Waals surface area contributed by atoms with Crippen molar-refractivity contribution in [2.24, 2.45) is 0 Å². The minimum Gasteiger partial charge on any atom is -0.454 e. The molecule has 0 unspecified atom stereocenters. The highest BCUT2D eigenvalue weighted by molar-refractivity contribution is 6.09. The Morgan fingerprint density at radius 2 is 1.06 bits per heavy atom. The van der Waals surface area contributed by atoms with E-state index in [1.807, 2.05) is 6.20 Å². The van der Waals surface area contributed by atoms with Gasteiger partial charge in [-0.2, -0.15) is 0 Å². The number of rotatable bonds is 5. The molecule has 2 heterocycles. The van der Waals surface area contributed by atoms with Crippen molar-refractivity contribution in [1.29, 1.82) is 0 Å². The van der Waals surface area contributed by atoms with Gasteiger partial charge in [0.15, 0.2) is 5.58 Å². The van der Waals surface area contributed by atoms with E-state index in [0.29, 0.717) is 0 Å². The van der Waals surface area contributed by atoms with Gasteiger partial charge in [-0.3, -0.25) is 0 Å². The Balaban J connectivity index is 1.12. The lowest BCUT2D eigenvalue weighted by Gasteiger charge is -2.26. The molecular formula is C47H30N2O. The fraction of sp³-hybridized carbons (Fsp3) is 0. The van der Waals surface area contributed by atoms with Crippen LogP contribution in [-0.4, -0.2) is 4.98 Å². The first-order valence-corrected chi connectivity index (χ1v) is 16.9. The molecule has 0 spiro atoms. The molecule has 0 fully saturated rings. The van der Waals surface area contributed by atoms with Crippen molar-refractivity contribution in [3.63, 3.8) is 0 Å². The van der Waals surface area contributed by atoms with Gasteiger partial charge in [0.1, 0.15) is 11.1 Å². The predicted molar refractivity (Wildman–Crippen MR) is 210 cm³/mol. The predicted octanol–water partition coefficient (Wildman–Crippen LogP) is 13.2. The second kappa shape index (κ2) is 11.5. The zero-order valence-electron chi connectivity index (χ0n) is 27.1. The zero-order valence-corrected chi connectivity index (χ0v) is 27.1. The zero-order chi connectivity index (χ0) is 33.0. The van der Waals surface area contributed by atoms with Crippen molar-refractivity contribution in [3.8, 4) is 22.3 Å². The van der Waals surface area contributed by atoms with Crippen LogP contribution in [-0.2, 0) is 0 Å². The van der Waals surface area contributed by atoms with E-state index in [1.54, 1.807) is 0 Å². The van der Waals surface area contributed by atoms with Crippen molar-refractivity contribution >= 4 is 71.4 Å². The van der Waals surface area contributed by atoms with Gasteiger partial charge in [-0.25, -0.2) is 4.98 Å². The van der Waals surface area contributed by atoms with Crippen LogP contribution in [0.5, 0.6) is 0 Å². The monoisotopic (exact) mass is 638 g/mol. The van der Waals surface area contributed by atoms with Crippen LogP contribution < -0.4 is 4.90 Å². The minimum absolute atomic E-state index is 0.760. The Morgan fingerprint density at radius 1 is 0.380 bits per heavy atom. The third kappa shape index (κ3) is 4.79. The van der Waals surface area contributed by atoms with Gasteiger partial charge >= 0.3 is 0 Å². The Kier molecular flexibility index (Phi) is 6.49. The average molecular weight is 639 g/mol. The van der Waals surface area contributed by atoms with Crippen LogP contribution in [0.3, 0.4) is 0 Å². The minimum atomic E-state index is 0.760. The lowest BCUT2D eigenvalue weighted by molar-refractivity contribution is 0.668. The van der Waals surface area contributed by atoms with Gasteiger partial charge in [-0.1, -0.05) is 127 Å². The summed E-state index contributed by atoms with van der Waals surface area (Å²) >= 11 is 0. The number of benzene rings is 8. The Hall–Kier alpha value is -6.71. The van der Waals surface area contributed by atoms with E-state index in [2.05, 4.69) is 181 Å². The summed E-state index contributed by atoms with van der Waals surface area (Å²) in [6.07, 6.45) is 1.97. The summed E-state index contributed by atoms with van der Waals surface area (Å²) in [5, 5.41) is 8.28. The first-order valence-electron chi connectivity index (χ1n) is 16.9. The summed E-state index contributed by atoms with van der Waals surface area (Å²) in [5.74, 6) is 0. The molecule has 0 saturated heterocycles. The van der Waals surface area contributed by atoms with Gasteiger partial charge in [0, 0.05) is 22.8 Å². The van der Waals surface area contributed by atoms with E-state index in [4.69, 9.17) is 9.40 Å². The van der Waals surface area contributed by atoms with Crippen LogP contribution in [0.1, 0.15) is 0 Å². The van der Waals surface area contributed by atoms with E-state index in [0.717, 1.165) is 50.1 Å². The molecule has 10 rings (SSSR count). The molecule has 0 aliphatic heterocycles. The van der Waals surface area contributed by atoms with Crippen molar-refractivity contribution in [1.82, 2.24) is 4.98 Å². The van der Waals surface area contributed by atoms with Gasteiger partial charge in [0.25, 0.3) is 0 Å². The smallest absolute Gasteiger partial charge is 0.155 e. The van der Waals surface area contributed by atoms with E-state index in [1.165, 1.54) is 43.6 Å². The maximum atomic E-state index is 6.49. The van der Waals surface area contributed by atoms with Crippen molar-refractivity contribution in [2.45, 2.75) is 0 Å². The quantitative estimate of drug-likeness (QED) is 0.188. The topological polar surface area (TPSA) is 29.3 Å². The molecule has 3 nitrogen and oxygen atoms in total. The third-order valence-corrected chi connectivity index (χ3v) is 9.83. The van der Waals surface area contributed by atoms with Gasteiger partial charge in [0.2, 0.25) is 0 Å². The molecule has 0 bridgehead atoms. The van der Waals surface area contributed by atoms with Crippen LogP contribution >= 0.6 is 0 Å². The van der Waals surface area contributed by atoms with Crippen LogP contribution in [0, 0.1) is 0 Å². The van der Waals surface area contributed by atoms with E-state index in [-0.39, 0.29) is 0 Å².